The van der Waals surface area contributed by atoms with Gasteiger partial charge in [-0.15, -0.1) is 0 Å². The molecule has 6 nitrogen and oxygen atoms in total. The lowest BCUT2D eigenvalue weighted by molar-refractivity contribution is 0.198. The molecule has 0 saturated carbocycles. The summed E-state index contributed by atoms with van der Waals surface area (Å²) in [6.45, 7) is 5.92. The van der Waals surface area contributed by atoms with Crippen molar-refractivity contribution in [3.63, 3.8) is 0 Å². The SMILES string of the molecule is CCN1CCCN(c2cc3c(cc2O)C(CN(C)C)N(C)C3)C1=O. The normalized spacial score (nSPS) is 21.7. The number of anilines is 1. The molecule has 1 fully saturated rings. The number of likely N-dealkylation sites (N-methyl/N-ethyl adjacent to an activating group) is 2. The van der Waals surface area contributed by atoms with E-state index in [1.165, 1.54) is 11.1 Å². The standard InChI is InChI=1S/C18H28N4O2/c1-5-21-7-6-8-22(18(21)24)15-9-13-11-20(4)16(12-19(2)3)14(13)10-17(15)23/h9-10,16,23H,5-8,11-12H2,1-4H3. The number of rotatable bonds is 4. The largest absolute Gasteiger partial charge is 0.506 e. The summed E-state index contributed by atoms with van der Waals surface area (Å²) < 4.78 is 0. The van der Waals surface area contributed by atoms with Crippen LogP contribution in [0.3, 0.4) is 0 Å². The zero-order valence-corrected chi connectivity index (χ0v) is 15.1. The number of benzene rings is 1. The van der Waals surface area contributed by atoms with Gasteiger partial charge in [-0.3, -0.25) is 9.80 Å². The number of amides is 2. The molecule has 1 atom stereocenters. The van der Waals surface area contributed by atoms with Crippen LogP contribution < -0.4 is 4.90 Å². The first kappa shape index (κ1) is 17.0. The van der Waals surface area contributed by atoms with Crippen LogP contribution in [-0.4, -0.2) is 73.2 Å². The van der Waals surface area contributed by atoms with E-state index in [0.29, 0.717) is 18.8 Å². The maximum absolute atomic E-state index is 12.6. The van der Waals surface area contributed by atoms with Crippen LogP contribution in [0.2, 0.25) is 0 Å². The molecule has 2 aliphatic rings. The molecule has 0 aromatic heterocycles. The van der Waals surface area contributed by atoms with E-state index < -0.39 is 0 Å². The molecule has 132 valence electrons. The molecule has 1 aromatic carbocycles. The highest BCUT2D eigenvalue weighted by molar-refractivity contribution is 5.94. The van der Waals surface area contributed by atoms with Gasteiger partial charge in [-0.25, -0.2) is 4.79 Å². The number of hydrogen-bond donors (Lipinski definition) is 1. The van der Waals surface area contributed by atoms with E-state index in [9.17, 15) is 9.90 Å². The third kappa shape index (κ3) is 2.96. The first-order valence-electron chi connectivity index (χ1n) is 8.69. The molecule has 1 unspecified atom stereocenters. The number of phenolic OH excluding ortho intramolecular Hbond substituents is 1. The molecular formula is C18H28N4O2. The molecule has 2 aliphatic heterocycles. The molecule has 1 N–H and O–H groups in total. The summed E-state index contributed by atoms with van der Waals surface area (Å²) >= 11 is 0. The summed E-state index contributed by atoms with van der Waals surface area (Å²) in [5.41, 5.74) is 3.03. The Balaban J connectivity index is 1.93. The highest BCUT2D eigenvalue weighted by Gasteiger charge is 2.32. The minimum absolute atomic E-state index is 0.00445. The van der Waals surface area contributed by atoms with Crippen molar-refractivity contribution < 1.29 is 9.90 Å². The van der Waals surface area contributed by atoms with Gasteiger partial charge in [0.2, 0.25) is 0 Å². The molecule has 6 heteroatoms. The van der Waals surface area contributed by atoms with Gasteiger partial charge in [0.15, 0.2) is 0 Å². The average Bonchev–Trinajstić information content (AvgIpc) is 2.82. The molecule has 2 heterocycles. The topological polar surface area (TPSA) is 50.3 Å². The lowest BCUT2D eigenvalue weighted by Crippen LogP contribution is -2.49. The van der Waals surface area contributed by atoms with E-state index in [4.69, 9.17) is 0 Å². The number of nitrogens with zero attached hydrogens (tertiary/aromatic N) is 4. The second kappa shape index (κ2) is 6.61. The first-order valence-corrected chi connectivity index (χ1v) is 8.69. The zero-order valence-electron chi connectivity index (χ0n) is 15.1. The average molecular weight is 332 g/mol. The predicted molar refractivity (Wildman–Crippen MR) is 95.5 cm³/mol. The molecule has 0 bridgehead atoms. The molecule has 3 rings (SSSR count). The lowest BCUT2D eigenvalue weighted by atomic mass is 10.0. The van der Waals surface area contributed by atoms with Crippen LogP contribution in [0.4, 0.5) is 10.5 Å². The van der Waals surface area contributed by atoms with Crippen molar-refractivity contribution in [2.45, 2.75) is 25.9 Å². The number of urea groups is 1. The van der Waals surface area contributed by atoms with E-state index in [-0.39, 0.29) is 17.8 Å². The maximum Gasteiger partial charge on any atom is 0.324 e. The predicted octanol–water partition coefficient (Wildman–Crippen LogP) is 2.09. The van der Waals surface area contributed by atoms with Crippen LogP contribution in [-0.2, 0) is 6.54 Å². The van der Waals surface area contributed by atoms with Crippen molar-refractivity contribution >= 4 is 11.7 Å². The Morgan fingerprint density at radius 2 is 2.04 bits per heavy atom. The number of phenols is 1. The highest BCUT2D eigenvalue weighted by Crippen LogP contribution is 2.40. The van der Waals surface area contributed by atoms with Gasteiger partial charge in [-0.1, -0.05) is 0 Å². The van der Waals surface area contributed by atoms with Crippen molar-refractivity contribution in [2.24, 2.45) is 0 Å². The fourth-order valence-corrected chi connectivity index (χ4v) is 3.80. The van der Waals surface area contributed by atoms with Crippen LogP contribution in [0.1, 0.15) is 30.5 Å². The Kier molecular flexibility index (Phi) is 4.69. The van der Waals surface area contributed by atoms with Crippen LogP contribution in [0.25, 0.3) is 0 Å². The van der Waals surface area contributed by atoms with Crippen molar-refractivity contribution in [3.8, 4) is 5.75 Å². The fourth-order valence-electron chi connectivity index (χ4n) is 3.80. The Morgan fingerprint density at radius 1 is 1.29 bits per heavy atom. The Bertz CT molecular complexity index is 632. The summed E-state index contributed by atoms with van der Waals surface area (Å²) in [6, 6.07) is 4.14. The maximum atomic E-state index is 12.6. The smallest absolute Gasteiger partial charge is 0.324 e. The molecule has 24 heavy (non-hydrogen) atoms. The van der Waals surface area contributed by atoms with E-state index in [2.05, 4.69) is 30.9 Å². The second-order valence-corrected chi connectivity index (χ2v) is 7.10. The van der Waals surface area contributed by atoms with Crippen molar-refractivity contribution in [1.82, 2.24) is 14.7 Å². The molecule has 1 saturated heterocycles. The minimum atomic E-state index is -0.00445. The van der Waals surface area contributed by atoms with Crippen LogP contribution in [0, 0.1) is 0 Å². The second-order valence-electron chi connectivity index (χ2n) is 7.10. The van der Waals surface area contributed by atoms with Crippen LogP contribution >= 0.6 is 0 Å². The van der Waals surface area contributed by atoms with E-state index in [1.807, 2.05) is 24.0 Å². The summed E-state index contributed by atoms with van der Waals surface area (Å²) in [4.78, 5) is 20.6. The number of hydrogen-bond acceptors (Lipinski definition) is 4. The molecule has 0 spiro atoms. The summed E-state index contributed by atoms with van der Waals surface area (Å²) in [5, 5.41) is 10.6. The van der Waals surface area contributed by atoms with Crippen molar-refractivity contribution in [3.05, 3.63) is 23.3 Å². The Hall–Kier alpha value is -1.79. The Morgan fingerprint density at radius 3 is 2.71 bits per heavy atom. The number of fused-ring (bicyclic) bond motifs is 1. The minimum Gasteiger partial charge on any atom is -0.506 e. The van der Waals surface area contributed by atoms with Crippen LogP contribution in [0.15, 0.2) is 12.1 Å². The van der Waals surface area contributed by atoms with Crippen LogP contribution in [0.5, 0.6) is 5.75 Å². The van der Waals surface area contributed by atoms with Gasteiger partial charge in [0, 0.05) is 38.8 Å². The summed E-state index contributed by atoms with van der Waals surface area (Å²) in [6.07, 6.45) is 0.930. The van der Waals surface area contributed by atoms with Gasteiger partial charge >= 0.3 is 6.03 Å². The van der Waals surface area contributed by atoms with Gasteiger partial charge in [0.1, 0.15) is 5.75 Å². The van der Waals surface area contributed by atoms with E-state index in [1.54, 1.807) is 4.90 Å². The van der Waals surface area contributed by atoms with E-state index >= 15 is 0 Å². The molecular weight excluding hydrogens is 304 g/mol. The van der Waals surface area contributed by atoms with Gasteiger partial charge < -0.3 is 14.9 Å². The molecule has 1 aromatic rings. The summed E-state index contributed by atoms with van der Waals surface area (Å²) in [5.74, 6) is 0.208. The Labute approximate surface area is 144 Å². The molecule has 2 amide bonds. The van der Waals surface area contributed by atoms with Gasteiger partial charge in [-0.2, -0.15) is 0 Å². The quantitative estimate of drug-likeness (QED) is 0.917. The molecule has 0 radical (unpaired) electrons. The van der Waals surface area contributed by atoms with E-state index in [0.717, 1.165) is 26.1 Å². The highest BCUT2D eigenvalue weighted by atomic mass is 16.3. The zero-order chi connectivity index (χ0) is 17.4. The number of aromatic hydroxyl groups is 1. The first-order chi connectivity index (χ1) is 11.4. The summed E-state index contributed by atoms with van der Waals surface area (Å²) in [7, 11) is 6.23. The monoisotopic (exact) mass is 332 g/mol. The van der Waals surface area contributed by atoms with Gasteiger partial charge in [0.25, 0.3) is 0 Å². The van der Waals surface area contributed by atoms with Crippen molar-refractivity contribution in [2.75, 3.05) is 52.2 Å². The third-order valence-electron chi connectivity index (χ3n) is 5.07. The lowest BCUT2D eigenvalue weighted by Gasteiger charge is -2.35. The number of carbonyl (C=O) groups excluding carboxylic acids is 1. The molecule has 0 aliphatic carbocycles. The van der Waals surface area contributed by atoms with Gasteiger partial charge in [0.05, 0.1) is 5.69 Å². The third-order valence-corrected chi connectivity index (χ3v) is 5.07. The fraction of sp³-hybridized carbons (Fsp3) is 0.611. The van der Waals surface area contributed by atoms with Gasteiger partial charge in [-0.05, 0) is 57.7 Å². The van der Waals surface area contributed by atoms with Crippen molar-refractivity contribution in [1.29, 1.82) is 0 Å². The number of carbonyl (C=O) groups is 1.